The normalized spacial score (nSPS) is 10.0. The van der Waals surface area contributed by atoms with E-state index in [1.807, 2.05) is 0 Å². The van der Waals surface area contributed by atoms with Crippen LogP contribution in [0.3, 0.4) is 0 Å². The van der Waals surface area contributed by atoms with Gasteiger partial charge in [0, 0.05) is 23.4 Å². The van der Waals surface area contributed by atoms with Gasteiger partial charge in [0.05, 0.1) is 4.92 Å². The van der Waals surface area contributed by atoms with Gasteiger partial charge in [-0.25, -0.2) is 0 Å². The summed E-state index contributed by atoms with van der Waals surface area (Å²) in [6.45, 7) is 0. The van der Waals surface area contributed by atoms with E-state index in [0.29, 0.717) is 11.3 Å². The zero-order chi connectivity index (χ0) is 15.4. The van der Waals surface area contributed by atoms with Crippen molar-refractivity contribution in [2.75, 3.05) is 5.32 Å². The van der Waals surface area contributed by atoms with E-state index >= 15 is 0 Å². The summed E-state index contributed by atoms with van der Waals surface area (Å²) in [4.78, 5) is 21.9. The molecule has 0 aromatic heterocycles. The van der Waals surface area contributed by atoms with Crippen LogP contribution in [0.15, 0.2) is 48.5 Å². The Kier molecular flexibility index (Phi) is 4.31. The molecule has 21 heavy (non-hydrogen) atoms. The van der Waals surface area contributed by atoms with Crippen LogP contribution < -0.4 is 10.8 Å². The van der Waals surface area contributed by atoms with Crippen molar-refractivity contribution in [2.24, 2.45) is 0 Å². The number of hydrogen-bond acceptors (Lipinski definition) is 5. The Morgan fingerprint density at radius 1 is 1.05 bits per heavy atom. The van der Waals surface area contributed by atoms with Crippen molar-refractivity contribution in [3.05, 3.63) is 64.2 Å². The van der Waals surface area contributed by atoms with Crippen molar-refractivity contribution in [3.8, 4) is 0 Å². The average molecular weight is 286 g/mol. The predicted octanol–water partition coefficient (Wildman–Crippen LogP) is 0.527. The minimum absolute atomic E-state index is 0.0608. The summed E-state index contributed by atoms with van der Waals surface area (Å²) in [5.41, 5.74) is 0.978. The second kappa shape index (κ2) is 6.16. The molecule has 0 saturated heterocycles. The van der Waals surface area contributed by atoms with Crippen LogP contribution in [0.2, 0.25) is 0 Å². The van der Waals surface area contributed by atoms with Crippen LogP contribution in [-0.2, 0) is 0 Å². The maximum atomic E-state index is 11.9. The molecule has 106 valence electrons. The molecule has 0 aliphatic heterocycles. The second-order valence-corrected chi connectivity index (χ2v) is 4.25. The minimum atomic E-state index is -1.59. The largest absolute Gasteiger partial charge is 0.488 e. The van der Waals surface area contributed by atoms with Crippen LogP contribution in [-0.4, -0.2) is 28.0 Å². The molecule has 2 rings (SSSR count). The summed E-state index contributed by atoms with van der Waals surface area (Å²) >= 11 is 0. The number of nitrogens with zero attached hydrogens (tertiary/aromatic N) is 1. The first-order chi connectivity index (χ1) is 9.97. The van der Waals surface area contributed by atoms with Crippen molar-refractivity contribution in [1.82, 2.24) is 0 Å². The molecule has 0 aliphatic carbocycles. The van der Waals surface area contributed by atoms with Gasteiger partial charge in [-0.2, -0.15) is 0 Å². The van der Waals surface area contributed by atoms with Gasteiger partial charge in [0.25, 0.3) is 11.6 Å². The summed E-state index contributed by atoms with van der Waals surface area (Å²) < 4.78 is 0. The highest BCUT2D eigenvalue weighted by Crippen LogP contribution is 2.16. The van der Waals surface area contributed by atoms with Crippen LogP contribution >= 0.6 is 0 Å². The van der Waals surface area contributed by atoms with Gasteiger partial charge in [-0.3, -0.25) is 14.9 Å². The molecule has 0 unspecified atom stereocenters. The Labute approximate surface area is 120 Å². The third-order valence-corrected chi connectivity index (χ3v) is 2.81. The molecule has 2 aromatic carbocycles. The predicted molar refractivity (Wildman–Crippen MR) is 77.3 cm³/mol. The molecule has 0 aliphatic rings. The van der Waals surface area contributed by atoms with Gasteiger partial charge in [0.1, 0.15) is 0 Å². The SMILES string of the molecule is O=C(Nc1ccc([N+](=O)[O-])cc1)c1ccc(B(O)O)cc1. The number of non-ortho nitro benzene ring substituents is 1. The highest BCUT2D eigenvalue weighted by molar-refractivity contribution is 6.58. The highest BCUT2D eigenvalue weighted by atomic mass is 16.6. The molecular formula is C13H11BN2O5. The number of nitrogens with one attached hydrogen (secondary N) is 1. The molecule has 0 bridgehead atoms. The van der Waals surface area contributed by atoms with Crippen LogP contribution in [0.1, 0.15) is 10.4 Å². The molecule has 3 N–H and O–H groups in total. The van der Waals surface area contributed by atoms with Crippen molar-refractivity contribution >= 4 is 29.9 Å². The zero-order valence-corrected chi connectivity index (χ0v) is 10.8. The first kappa shape index (κ1) is 14.7. The molecule has 0 atom stereocenters. The number of rotatable bonds is 4. The lowest BCUT2D eigenvalue weighted by atomic mass is 9.80. The fourth-order valence-electron chi connectivity index (χ4n) is 1.68. The van der Waals surface area contributed by atoms with Gasteiger partial charge in [-0.05, 0) is 29.7 Å². The van der Waals surface area contributed by atoms with E-state index in [4.69, 9.17) is 10.0 Å². The van der Waals surface area contributed by atoms with Crippen molar-refractivity contribution < 1.29 is 19.8 Å². The van der Waals surface area contributed by atoms with Crippen LogP contribution in [0.25, 0.3) is 0 Å². The molecular weight excluding hydrogens is 275 g/mol. The van der Waals surface area contributed by atoms with E-state index in [-0.39, 0.29) is 11.2 Å². The van der Waals surface area contributed by atoms with E-state index < -0.39 is 17.9 Å². The Hall–Kier alpha value is -2.71. The smallest absolute Gasteiger partial charge is 0.423 e. The molecule has 2 aromatic rings. The van der Waals surface area contributed by atoms with Gasteiger partial charge in [0.2, 0.25) is 0 Å². The molecule has 0 fully saturated rings. The number of carbonyl (C=O) groups excluding carboxylic acids is 1. The first-order valence-corrected chi connectivity index (χ1v) is 5.99. The Balaban J connectivity index is 2.08. The first-order valence-electron chi connectivity index (χ1n) is 5.99. The number of nitro groups is 1. The number of amides is 1. The Morgan fingerprint density at radius 2 is 1.62 bits per heavy atom. The Morgan fingerprint density at radius 3 is 2.10 bits per heavy atom. The highest BCUT2D eigenvalue weighted by Gasteiger charge is 2.12. The molecule has 0 heterocycles. The van der Waals surface area contributed by atoms with E-state index in [1.54, 1.807) is 0 Å². The Bertz CT molecular complexity index is 655. The molecule has 1 amide bonds. The minimum Gasteiger partial charge on any atom is -0.423 e. The number of anilines is 1. The molecule has 7 nitrogen and oxygen atoms in total. The summed E-state index contributed by atoms with van der Waals surface area (Å²) in [5, 5.41) is 31.0. The molecule has 8 heteroatoms. The van der Waals surface area contributed by atoms with Crippen molar-refractivity contribution in [3.63, 3.8) is 0 Å². The van der Waals surface area contributed by atoms with E-state index in [0.717, 1.165) is 0 Å². The lowest BCUT2D eigenvalue weighted by molar-refractivity contribution is -0.384. The van der Waals surface area contributed by atoms with Crippen molar-refractivity contribution in [1.29, 1.82) is 0 Å². The van der Waals surface area contributed by atoms with Crippen LogP contribution in [0, 0.1) is 10.1 Å². The van der Waals surface area contributed by atoms with E-state index in [1.165, 1.54) is 48.5 Å². The standard InChI is InChI=1S/C13H11BN2O5/c17-13(9-1-3-10(4-2-9)14(18)19)15-11-5-7-12(8-6-11)16(20)21/h1-8,18-19H,(H,15,17). The average Bonchev–Trinajstić information content (AvgIpc) is 2.47. The lowest BCUT2D eigenvalue weighted by Crippen LogP contribution is -2.29. The molecule has 0 spiro atoms. The fourth-order valence-corrected chi connectivity index (χ4v) is 1.68. The third kappa shape index (κ3) is 3.65. The molecule has 0 radical (unpaired) electrons. The summed E-state index contributed by atoms with van der Waals surface area (Å²) in [5.74, 6) is -0.400. The molecule has 0 saturated carbocycles. The van der Waals surface area contributed by atoms with Gasteiger partial charge in [0.15, 0.2) is 0 Å². The maximum absolute atomic E-state index is 11.9. The van der Waals surface area contributed by atoms with Gasteiger partial charge in [-0.15, -0.1) is 0 Å². The van der Waals surface area contributed by atoms with Crippen molar-refractivity contribution in [2.45, 2.75) is 0 Å². The number of carbonyl (C=O) groups is 1. The zero-order valence-electron chi connectivity index (χ0n) is 10.8. The third-order valence-electron chi connectivity index (χ3n) is 2.81. The maximum Gasteiger partial charge on any atom is 0.488 e. The summed E-state index contributed by atoms with van der Waals surface area (Å²) in [6, 6.07) is 11.2. The van der Waals surface area contributed by atoms with E-state index in [2.05, 4.69) is 5.32 Å². The second-order valence-electron chi connectivity index (χ2n) is 4.25. The number of benzene rings is 2. The summed E-state index contributed by atoms with van der Waals surface area (Å²) in [6.07, 6.45) is 0. The lowest BCUT2D eigenvalue weighted by Gasteiger charge is -2.06. The van der Waals surface area contributed by atoms with E-state index in [9.17, 15) is 14.9 Å². The van der Waals surface area contributed by atoms with Crippen LogP contribution in [0.4, 0.5) is 11.4 Å². The van der Waals surface area contributed by atoms with Gasteiger partial charge < -0.3 is 15.4 Å². The quantitative estimate of drug-likeness (QED) is 0.431. The van der Waals surface area contributed by atoms with Gasteiger partial charge in [-0.1, -0.05) is 12.1 Å². The number of hydrogen-bond donors (Lipinski definition) is 3. The number of nitro benzene ring substituents is 1. The summed E-state index contributed by atoms with van der Waals surface area (Å²) in [7, 11) is -1.59. The van der Waals surface area contributed by atoms with Crippen LogP contribution in [0.5, 0.6) is 0 Å². The van der Waals surface area contributed by atoms with Gasteiger partial charge >= 0.3 is 7.12 Å². The monoisotopic (exact) mass is 286 g/mol. The fraction of sp³-hybridized carbons (Fsp3) is 0. The topological polar surface area (TPSA) is 113 Å².